The van der Waals surface area contributed by atoms with E-state index in [-0.39, 0.29) is 17.7 Å². The van der Waals surface area contributed by atoms with Crippen molar-refractivity contribution in [2.45, 2.75) is 13.5 Å². The molecule has 2 rings (SSSR count). The summed E-state index contributed by atoms with van der Waals surface area (Å²) in [6, 6.07) is 5.54. The summed E-state index contributed by atoms with van der Waals surface area (Å²) in [5, 5.41) is 0. The first-order valence-electron chi connectivity index (χ1n) is 7.27. The van der Waals surface area contributed by atoms with Gasteiger partial charge >= 0.3 is 12.7 Å². The van der Waals surface area contributed by atoms with Gasteiger partial charge in [-0.15, -0.1) is 0 Å². The number of alkyl halides is 2. The third kappa shape index (κ3) is 4.54. The third-order valence-corrected chi connectivity index (χ3v) is 3.42. The summed E-state index contributed by atoms with van der Waals surface area (Å²) in [7, 11) is 0. The van der Waals surface area contributed by atoms with Crippen LogP contribution in [0.1, 0.15) is 17.3 Å². The van der Waals surface area contributed by atoms with Crippen molar-refractivity contribution in [3.63, 3.8) is 0 Å². The lowest BCUT2D eigenvalue weighted by atomic mass is 10.1. The Morgan fingerprint density at radius 2 is 1.65 bits per heavy atom. The van der Waals surface area contributed by atoms with Crippen LogP contribution in [-0.2, 0) is 4.74 Å². The highest BCUT2D eigenvalue weighted by Gasteiger charge is 2.25. The average Bonchev–Trinajstić information content (AvgIpc) is 2.55. The highest BCUT2D eigenvalue weighted by Crippen LogP contribution is 2.17. The molecule has 0 atom stereocenters. The highest BCUT2D eigenvalue weighted by atomic mass is 19.3. The smallest absolute Gasteiger partial charge is 0.409 e. The van der Waals surface area contributed by atoms with E-state index in [9.17, 15) is 18.4 Å². The second-order valence-corrected chi connectivity index (χ2v) is 4.88. The van der Waals surface area contributed by atoms with E-state index < -0.39 is 6.61 Å². The molecule has 0 aromatic heterocycles. The minimum atomic E-state index is -2.90. The molecular weight excluding hydrogens is 310 g/mol. The van der Waals surface area contributed by atoms with Crippen LogP contribution in [0, 0.1) is 0 Å². The van der Waals surface area contributed by atoms with Gasteiger partial charge in [-0.1, -0.05) is 0 Å². The third-order valence-electron chi connectivity index (χ3n) is 3.42. The summed E-state index contributed by atoms with van der Waals surface area (Å²) in [6.45, 7) is 0.741. The van der Waals surface area contributed by atoms with Crippen LogP contribution in [0.25, 0.3) is 0 Å². The molecule has 0 spiro atoms. The minimum absolute atomic E-state index is 0.00341. The van der Waals surface area contributed by atoms with Crippen molar-refractivity contribution in [3.8, 4) is 5.75 Å². The highest BCUT2D eigenvalue weighted by molar-refractivity contribution is 5.94. The van der Waals surface area contributed by atoms with Gasteiger partial charge in [0, 0.05) is 31.7 Å². The monoisotopic (exact) mass is 328 g/mol. The van der Waals surface area contributed by atoms with Crippen molar-refractivity contribution in [2.24, 2.45) is 0 Å². The maximum atomic E-state index is 12.3. The van der Waals surface area contributed by atoms with Gasteiger partial charge in [0.2, 0.25) is 0 Å². The molecule has 1 heterocycles. The molecule has 1 fully saturated rings. The molecule has 2 amide bonds. The van der Waals surface area contributed by atoms with E-state index >= 15 is 0 Å². The summed E-state index contributed by atoms with van der Waals surface area (Å²) in [6.07, 6.45) is -0.381. The number of piperazine rings is 1. The Hall–Kier alpha value is -2.38. The number of hydrogen-bond donors (Lipinski definition) is 0. The van der Waals surface area contributed by atoms with Crippen LogP contribution in [0.3, 0.4) is 0 Å². The normalized spacial score (nSPS) is 14.8. The lowest BCUT2D eigenvalue weighted by Gasteiger charge is -2.34. The Balaban J connectivity index is 1.90. The molecule has 1 aromatic rings. The van der Waals surface area contributed by atoms with E-state index in [1.807, 2.05) is 0 Å². The number of benzene rings is 1. The van der Waals surface area contributed by atoms with Crippen LogP contribution in [0.2, 0.25) is 0 Å². The Morgan fingerprint density at radius 1 is 1.09 bits per heavy atom. The number of nitrogens with zero attached hydrogens (tertiary/aromatic N) is 2. The largest absolute Gasteiger partial charge is 0.450 e. The Kier molecular flexibility index (Phi) is 5.72. The van der Waals surface area contributed by atoms with Gasteiger partial charge in [0.25, 0.3) is 5.91 Å². The Labute approximate surface area is 132 Å². The number of carbonyl (C=O) groups excluding carboxylic acids is 2. The van der Waals surface area contributed by atoms with Gasteiger partial charge in [-0.2, -0.15) is 8.78 Å². The number of halogens is 2. The van der Waals surface area contributed by atoms with Crippen molar-refractivity contribution >= 4 is 12.0 Å². The van der Waals surface area contributed by atoms with E-state index in [0.717, 1.165) is 0 Å². The average molecular weight is 328 g/mol. The van der Waals surface area contributed by atoms with Crippen molar-refractivity contribution < 1.29 is 27.8 Å². The molecule has 0 aliphatic carbocycles. The zero-order valence-electron chi connectivity index (χ0n) is 12.7. The van der Waals surface area contributed by atoms with Gasteiger partial charge < -0.3 is 19.3 Å². The van der Waals surface area contributed by atoms with Gasteiger partial charge in [-0.25, -0.2) is 4.79 Å². The second-order valence-electron chi connectivity index (χ2n) is 4.88. The van der Waals surface area contributed by atoms with Crippen LogP contribution in [0.4, 0.5) is 13.6 Å². The molecular formula is C15H18F2N2O4. The lowest BCUT2D eigenvalue weighted by Crippen LogP contribution is -2.50. The van der Waals surface area contributed by atoms with Crippen LogP contribution < -0.4 is 4.74 Å². The molecule has 126 valence electrons. The van der Waals surface area contributed by atoms with E-state index in [1.165, 1.54) is 24.3 Å². The Bertz CT molecular complexity index is 543. The molecule has 1 aromatic carbocycles. The predicted molar refractivity (Wildman–Crippen MR) is 77.6 cm³/mol. The zero-order chi connectivity index (χ0) is 16.8. The fourth-order valence-electron chi connectivity index (χ4n) is 2.27. The first kappa shape index (κ1) is 17.0. The number of rotatable bonds is 4. The van der Waals surface area contributed by atoms with Crippen LogP contribution >= 0.6 is 0 Å². The van der Waals surface area contributed by atoms with Gasteiger partial charge in [0.1, 0.15) is 5.75 Å². The van der Waals surface area contributed by atoms with Crippen molar-refractivity contribution in [1.82, 2.24) is 9.80 Å². The molecule has 8 heteroatoms. The van der Waals surface area contributed by atoms with Crippen LogP contribution in [0.15, 0.2) is 24.3 Å². The molecule has 1 aliphatic heterocycles. The SMILES string of the molecule is CCOC(=O)N1CCN(C(=O)c2ccc(OC(F)F)cc2)CC1. The summed E-state index contributed by atoms with van der Waals surface area (Å²) < 4.78 is 33.3. The van der Waals surface area contributed by atoms with Crippen molar-refractivity contribution in [1.29, 1.82) is 0 Å². The standard InChI is InChI=1S/C15H18F2N2O4/c1-2-22-15(21)19-9-7-18(8-10-19)13(20)11-3-5-12(6-4-11)23-14(16)17/h3-6,14H,2,7-10H2,1H3. The molecule has 0 bridgehead atoms. The van der Waals surface area contributed by atoms with Gasteiger partial charge in [-0.05, 0) is 31.2 Å². The molecule has 23 heavy (non-hydrogen) atoms. The molecule has 1 aliphatic rings. The van der Waals surface area contributed by atoms with Gasteiger partial charge in [0.05, 0.1) is 6.61 Å². The molecule has 0 unspecified atom stereocenters. The topological polar surface area (TPSA) is 59.1 Å². The van der Waals surface area contributed by atoms with Crippen molar-refractivity contribution in [3.05, 3.63) is 29.8 Å². The lowest BCUT2D eigenvalue weighted by molar-refractivity contribution is -0.0498. The summed E-state index contributed by atoms with van der Waals surface area (Å²) in [4.78, 5) is 27.1. The summed E-state index contributed by atoms with van der Waals surface area (Å²) in [5.74, 6) is -0.208. The van der Waals surface area contributed by atoms with E-state index in [2.05, 4.69) is 4.74 Å². The van der Waals surface area contributed by atoms with E-state index in [1.54, 1.807) is 16.7 Å². The minimum Gasteiger partial charge on any atom is -0.450 e. The fraction of sp³-hybridized carbons (Fsp3) is 0.467. The van der Waals surface area contributed by atoms with Crippen molar-refractivity contribution in [2.75, 3.05) is 32.8 Å². The molecule has 0 saturated carbocycles. The fourth-order valence-corrected chi connectivity index (χ4v) is 2.27. The number of carbonyl (C=O) groups is 2. The predicted octanol–water partition coefficient (Wildman–Crippen LogP) is 2.20. The van der Waals surface area contributed by atoms with Crippen LogP contribution in [0.5, 0.6) is 5.75 Å². The van der Waals surface area contributed by atoms with Crippen LogP contribution in [-0.4, -0.2) is 61.2 Å². The van der Waals surface area contributed by atoms with E-state index in [0.29, 0.717) is 38.3 Å². The molecule has 0 radical (unpaired) electrons. The maximum absolute atomic E-state index is 12.3. The Morgan fingerprint density at radius 3 is 2.17 bits per heavy atom. The quantitative estimate of drug-likeness (QED) is 0.850. The summed E-state index contributed by atoms with van der Waals surface area (Å²) in [5.41, 5.74) is 0.385. The maximum Gasteiger partial charge on any atom is 0.409 e. The zero-order valence-corrected chi connectivity index (χ0v) is 12.7. The summed E-state index contributed by atoms with van der Waals surface area (Å²) >= 11 is 0. The number of hydrogen-bond acceptors (Lipinski definition) is 4. The van der Waals surface area contributed by atoms with Gasteiger partial charge in [-0.3, -0.25) is 4.79 Å². The van der Waals surface area contributed by atoms with E-state index in [4.69, 9.17) is 4.74 Å². The number of amides is 2. The first-order valence-corrected chi connectivity index (χ1v) is 7.27. The number of ether oxygens (including phenoxy) is 2. The molecule has 6 nitrogen and oxygen atoms in total. The molecule has 1 saturated heterocycles. The second kappa shape index (κ2) is 7.75. The molecule has 0 N–H and O–H groups in total. The first-order chi connectivity index (χ1) is 11.0. The van der Waals surface area contributed by atoms with Gasteiger partial charge in [0.15, 0.2) is 0 Å².